The first-order chi connectivity index (χ1) is 9.13. The summed E-state index contributed by atoms with van der Waals surface area (Å²) in [5, 5.41) is 2.37. The third-order valence-electron chi connectivity index (χ3n) is 2.69. The van der Waals surface area contributed by atoms with Gasteiger partial charge in [-0.05, 0) is 44.2 Å². The molecule has 0 saturated heterocycles. The van der Waals surface area contributed by atoms with Crippen molar-refractivity contribution in [2.75, 3.05) is 6.54 Å². The van der Waals surface area contributed by atoms with Crippen LogP contribution in [-0.4, -0.2) is 18.7 Å². The van der Waals surface area contributed by atoms with Crippen LogP contribution in [-0.2, 0) is 17.6 Å². The van der Waals surface area contributed by atoms with E-state index >= 15 is 0 Å². The average Bonchev–Trinajstić information content (AvgIpc) is 2.84. The minimum atomic E-state index is -0.465. The number of aryl methyl sites for hydroxylation is 2. The van der Waals surface area contributed by atoms with Crippen LogP contribution >= 0.6 is 0 Å². The van der Waals surface area contributed by atoms with Crippen molar-refractivity contribution < 1.29 is 9.53 Å². The summed E-state index contributed by atoms with van der Waals surface area (Å²) in [6.07, 6.45) is 8.29. The molecule has 0 spiro atoms. The zero-order valence-electron chi connectivity index (χ0n) is 11.6. The molecular weight excluding hydrogens is 238 g/mol. The first-order valence-electron chi connectivity index (χ1n) is 6.58. The van der Waals surface area contributed by atoms with Crippen LogP contribution in [0.3, 0.4) is 0 Å². The van der Waals surface area contributed by atoms with E-state index in [1.807, 2.05) is 0 Å². The van der Waals surface area contributed by atoms with Crippen LogP contribution in [0.5, 0.6) is 0 Å². The van der Waals surface area contributed by atoms with E-state index in [9.17, 15) is 4.79 Å². The summed E-state index contributed by atoms with van der Waals surface area (Å²) in [4.78, 5) is 10.6. The molecule has 1 aromatic rings. The van der Waals surface area contributed by atoms with Crippen molar-refractivity contribution in [3.05, 3.63) is 35.4 Å². The standard InChI is InChI=1S/C9H10.C7H11NO2/c1-2-5-9-7-3-6-8(9)4-1;1-4-5-8-7(9)10-6(2)3/h1-2,4-5H,3,6-7H2;1,6H,5H2,2-3H3,(H,8,9). The number of ether oxygens (including phenoxy) is 1. The molecule has 19 heavy (non-hydrogen) atoms. The van der Waals surface area contributed by atoms with Gasteiger partial charge in [0.1, 0.15) is 0 Å². The van der Waals surface area contributed by atoms with Crippen molar-refractivity contribution in [1.82, 2.24) is 5.32 Å². The van der Waals surface area contributed by atoms with E-state index in [0.717, 1.165) is 0 Å². The molecule has 2 rings (SSSR count). The second-order valence-electron chi connectivity index (χ2n) is 4.63. The largest absolute Gasteiger partial charge is 0.447 e. The van der Waals surface area contributed by atoms with E-state index in [-0.39, 0.29) is 12.6 Å². The summed E-state index contributed by atoms with van der Waals surface area (Å²) in [7, 11) is 0. The van der Waals surface area contributed by atoms with Crippen LogP contribution < -0.4 is 5.32 Å². The molecule has 3 heteroatoms. The number of hydrogen-bond acceptors (Lipinski definition) is 2. The molecule has 3 nitrogen and oxygen atoms in total. The van der Waals surface area contributed by atoms with E-state index in [1.54, 1.807) is 25.0 Å². The number of hydrogen-bond donors (Lipinski definition) is 1. The van der Waals surface area contributed by atoms with E-state index in [2.05, 4.69) is 35.5 Å². The molecule has 1 aliphatic carbocycles. The highest BCUT2D eigenvalue weighted by Gasteiger charge is 2.07. The predicted octanol–water partition coefficient (Wildman–Crippen LogP) is 2.93. The number of benzene rings is 1. The lowest BCUT2D eigenvalue weighted by molar-refractivity contribution is 0.117. The highest BCUT2D eigenvalue weighted by atomic mass is 16.6. The zero-order valence-corrected chi connectivity index (χ0v) is 11.6. The van der Waals surface area contributed by atoms with Crippen molar-refractivity contribution in [1.29, 1.82) is 0 Å². The van der Waals surface area contributed by atoms with Gasteiger partial charge in [0.25, 0.3) is 0 Å². The van der Waals surface area contributed by atoms with Gasteiger partial charge in [-0.2, -0.15) is 0 Å². The molecule has 1 aliphatic rings. The SMILES string of the molecule is C#CCNC(=O)OC(C)C.c1ccc2c(c1)CCC2. The molecule has 0 heterocycles. The lowest BCUT2D eigenvalue weighted by Crippen LogP contribution is -2.26. The molecule has 1 amide bonds. The number of amides is 1. The van der Waals surface area contributed by atoms with Crippen LogP contribution in [0.1, 0.15) is 31.4 Å². The van der Waals surface area contributed by atoms with Crippen molar-refractivity contribution in [3.63, 3.8) is 0 Å². The quantitative estimate of drug-likeness (QED) is 0.829. The van der Waals surface area contributed by atoms with Crippen molar-refractivity contribution in [3.8, 4) is 12.3 Å². The molecule has 0 unspecified atom stereocenters. The molecule has 0 aromatic heterocycles. The molecule has 102 valence electrons. The zero-order chi connectivity index (χ0) is 14.1. The lowest BCUT2D eigenvalue weighted by atomic mass is 10.1. The highest BCUT2D eigenvalue weighted by molar-refractivity contribution is 5.67. The maximum absolute atomic E-state index is 10.6. The molecular formula is C16H21NO2. The number of carbonyl (C=O) groups excluding carboxylic acids is 1. The van der Waals surface area contributed by atoms with Gasteiger partial charge in [-0.3, -0.25) is 0 Å². The fraction of sp³-hybridized carbons (Fsp3) is 0.438. The Labute approximate surface area is 115 Å². The van der Waals surface area contributed by atoms with Gasteiger partial charge in [-0.1, -0.05) is 30.2 Å². The second kappa shape index (κ2) is 8.20. The molecule has 1 aromatic carbocycles. The summed E-state index contributed by atoms with van der Waals surface area (Å²) in [5.74, 6) is 2.26. The Morgan fingerprint density at radius 2 is 1.95 bits per heavy atom. The number of alkyl carbamates (subject to hydrolysis) is 1. The summed E-state index contributed by atoms with van der Waals surface area (Å²) in [5.41, 5.74) is 3.13. The third-order valence-corrected chi connectivity index (χ3v) is 2.69. The average molecular weight is 259 g/mol. The lowest BCUT2D eigenvalue weighted by Gasteiger charge is -2.06. The Hall–Kier alpha value is -1.95. The number of nitrogens with one attached hydrogen (secondary N) is 1. The van der Waals surface area contributed by atoms with Crippen molar-refractivity contribution in [2.24, 2.45) is 0 Å². The predicted molar refractivity (Wildman–Crippen MR) is 76.9 cm³/mol. The second-order valence-corrected chi connectivity index (χ2v) is 4.63. The van der Waals surface area contributed by atoms with Crippen molar-refractivity contribution >= 4 is 6.09 Å². The Bertz CT molecular complexity index is 423. The van der Waals surface area contributed by atoms with E-state index in [0.29, 0.717) is 0 Å². The molecule has 0 aliphatic heterocycles. The topological polar surface area (TPSA) is 38.3 Å². The highest BCUT2D eigenvalue weighted by Crippen LogP contribution is 2.20. The maximum atomic E-state index is 10.6. The third kappa shape index (κ3) is 5.96. The summed E-state index contributed by atoms with van der Waals surface area (Å²) < 4.78 is 4.71. The fourth-order valence-electron chi connectivity index (χ4n) is 1.89. The van der Waals surface area contributed by atoms with Crippen LogP contribution in [0.15, 0.2) is 24.3 Å². The summed E-state index contributed by atoms with van der Waals surface area (Å²) >= 11 is 0. The van der Waals surface area contributed by atoms with E-state index < -0.39 is 6.09 Å². The Kier molecular flexibility index (Phi) is 6.52. The Morgan fingerprint density at radius 1 is 1.37 bits per heavy atom. The normalized spacial score (nSPS) is 11.9. The van der Waals surface area contributed by atoms with E-state index in [4.69, 9.17) is 11.2 Å². The summed E-state index contributed by atoms with van der Waals surface area (Å²) in [6, 6.07) is 8.74. The van der Waals surface area contributed by atoms with Gasteiger partial charge in [-0.25, -0.2) is 4.79 Å². The first-order valence-corrected chi connectivity index (χ1v) is 6.58. The number of terminal acetylenes is 1. The number of carbonyl (C=O) groups is 1. The molecule has 0 bridgehead atoms. The first kappa shape index (κ1) is 15.1. The molecule has 0 atom stereocenters. The number of rotatable bonds is 2. The minimum absolute atomic E-state index is 0.0993. The van der Waals surface area contributed by atoms with Gasteiger partial charge in [0.15, 0.2) is 0 Å². The van der Waals surface area contributed by atoms with Crippen molar-refractivity contribution in [2.45, 2.75) is 39.2 Å². The Morgan fingerprint density at radius 3 is 2.42 bits per heavy atom. The van der Waals surface area contributed by atoms with Crippen LogP contribution in [0, 0.1) is 12.3 Å². The van der Waals surface area contributed by atoms with Gasteiger partial charge in [0.2, 0.25) is 0 Å². The van der Waals surface area contributed by atoms with Crippen LogP contribution in [0.4, 0.5) is 4.79 Å². The maximum Gasteiger partial charge on any atom is 0.408 e. The smallest absolute Gasteiger partial charge is 0.408 e. The summed E-state index contributed by atoms with van der Waals surface area (Å²) in [6.45, 7) is 3.76. The fourth-order valence-corrected chi connectivity index (χ4v) is 1.89. The molecule has 0 radical (unpaired) electrons. The van der Waals surface area contributed by atoms with Crippen LogP contribution in [0.2, 0.25) is 0 Å². The van der Waals surface area contributed by atoms with Gasteiger partial charge in [-0.15, -0.1) is 6.42 Å². The monoisotopic (exact) mass is 259 g/mol. The van der Waals surface area contributed by atoms with Gasteiger partial charge < -0.3 is 10.1 Å². The molecule has 0 saturated carbocycles. The molecule has 0 fully saturated rings. The van der Waals surface area contributed by atoms with Gasteiger partial charge >= 0.3 is 6.09 Å². The van der Waals surface area contributed by atoms with Crippen LogP contribution in [0.25, 0.3) is 0 Å². The minimum Gasteiger partial charge on any atom is -0.447 e. The Balaban J connectivity index is 0.000000190. The number of fused-ring (bicyclic) bond motifs is 1. The molecule has 1 N–H and O–H groups in total. The van der Waals surface area contributed by atoms with E-state index in [1.165, 1.54) is 19.3 Å². The van der Waals surface area contributed by atoms with Gasteiger partial charge in [0, 0.05) is 0 Å². The van der Waals surface area contributed by atoms with Gasteiger partial charge in [0.05, 0.1) is 12.6 Å².